The van der Waals surface area contributed by atoms with Gasteiger partial charge in [0.05, 0.1) is 0 Å². The first-order valence-electron chi connectivity index (χ1n) is 12.4. The Morgan fingerprint density at radius 2 is 1.72 bits per heavy atom. The minimum atomic E-state index is -0.271. The molecule has 2 aliphatic rings. The van der Waals surface area contributed by atoms with Gasteiger partial charge in [-0.3, -0.25) is 9.59 Å². The first kappa shape index (κ1) is 24.7. The number of nitrogens with one attached hydrogen (secondary N) is 1. The minimum absolute atomic E-state index is 0.0165. The summed E-state index contributed by atoms with van der Waals surface area (Å²) < 4.78 is 13.6. The van der Waals surface area contributed by atoms with Crippen LogP contribution in [0.5, 0.6) is 0 Å². The number of nitrogens with zero attached hydrogens (tertiary/aromatic N) is 2. The van der Waals surface area contributed by atoms with Crippen LogP contribution in [0.25, 0.3) is 0 Å². The van der Waals surface area contributed by atoms with Crippen molar-refractivity contribution in [1.82, 2.24) is 15.1 Å². The van der Waals surface area contributed by atoms with E-state index in [1.165, 1.54) is 44.2 Å². The van der Waals surface area contributed by atoms with Crippen LogP contribution < -0.4 is 5.32 Å². The highest BCUT2D eigenvalue weighted by molar-refractivity contribution is 5.79. The van der Waals surface area contributed by atoms with Crippen LogP contribution in [0.4, 0.5) is 4.39 Å². The molecule has 0 spiro atoms. The lowest BCUT2D eigenvalue weighted by Crippen LogP contribution is -2.44. The molecule has 0 aromatic heterocycles. The van der Waals surface area contributed by atoms with Gasteiger partial charge in [0.2, 0.25) is 11.8 Å². The molecule has 2 saturated carbocycles. The number of hydrogen-bond donors (Lipinski definition) is 1. The van der Waals surface area contributed by atoms with E-state index >= 15 is 0 Å². The molecule has 6 heteroatoms. The summed E-state index contributed by atoms with van der Waals surface area (Å²) >= 11 is 0. The average molecular weight is 446 g/mol. The van der Waals surface area contributed by atoms with Gasteiger partial charge < -0.3 is 15.1 Å². The largest absolute Gasteiger partial charge is 0.353 e. The zero-order chi connectivity index (χ0) is 22.9. The zero-order valence-corrected chi connectivity index (χ0v) is 19.8. The number of carbonyl (C=O) groups excluding carboxylic acids is 2. The van der Waals surface area contributed by atoms with Gasteiger partial charge in [-0.15, -0.1) is 0 Å². The zero-order valence-electron chi connectivity index (χ0n) is 19.8. The van der Waals surface area contributed by atoms with Gasteiger partial charge in [-0.2, -0.15) is 0 Å². The van der Waals surface area contributed by atoms with Crippen molar-refractivity contribution < 1.29 is 14.0 Å². The van der Waals surface area contributed by atoms with E-state index in [4.69, 9.17) is 0 Å². The molecule has 2 fully saturated rings. The maximum absolute atomic E-state index is 13.6. The van der Waals surface area contributed by atoms with E-state index in [2.05, 4.69) is 10.2 Å². The summed E-state index contributed by atoms with van der Waals surface area (Å²) in [7, 11) is 3.98. The van der Waals surface area contributed by atoms with Crippen molar-refractivity contribution in [1.29, 1.82) is 0 Å². The van der Waals surface area contributed by atoms with Crippen molar-refractivity contribution in [3.05, 3.63) is 35.6 Å². The third-order valence-corrected chi connectivity index (χ3v) is 7.03. The molecule has 0 bridgehead atoms. The van der Waals surface area contributed by atoms with E-state index < -0.39 is 0 Å². The Morgan fingerprint density at radius 3 is 2.38 bits per heavy atom. The van der Waals surface area contributed by atoms with E-state index in [0.717, 1.165) is 37.8 Å². The van der Waals surface area contributed by atoms with E-state index in [0.29, 0.717) is 25.4 Å². The molecule has 0 unspecified atom stereocenters. The molecule has 1 N–H and O–H groups in total. The molecule has 5 nitrogen and oxygen atoms in total. The van der Waals surface area contributed by atoms with Gasteiger partial charge in [0.25, 0.3) is 0 Å². The summed E-state index contributed by atoms with van der Waals surface area (Å²) in [5.41, 5.74) is 0.820. The van der Waals surface area contributed by atoms with Crippen molar-refractivity contribution in [2.45, 2.75) is 76.8 Å². The number of rotatable bonds is 9. The fraction of sp³-hybridized carbons (Fsp3) is 0.692. The lowest BCUT2D eigenvalue weighted by atomic mass is 9.84. The Labute approximate surface area is 192 Å². The SMILES string of the molecule is CN(C)CCN(Cc1cccc(F)c1)C(=O)C1CCC(NC(=O)CC2CCCCC2)CC1. The molecule has 32 heavy (non-hydrogen) atoms. The van der Waals surface area contributed by atoms with Crippen molar-refractivity contribution in [3.63, 3.8) is 0 Å². The van der Waals surface area contributed by atoms with Crippen molar-refractivity contribution >= 4 is 11.8 Å². The molecule has 0 heterocycles. The normalized spacial score (nSPS) is 22.0. The number of hydrogen-bond acceptors (Lipinski definition) is 3. The lowest BCUT2D eigenvalue weighted by molar-refractivity contribution is -0.137. The van der Waals surface area contributed by atoms with Crippen molar-refractivity contribution in [2.24, 2.45) is 11.8 Å². The molecule has 1 aromatic carbocycles. The minimum Gasteiger partial charge on any atom is -0.353 e. The molecule has 178 valence electrons. The fourth-order valence-corrected chi connectivity index (χ4v) is 5.13. The summed E-state index contributed by atoms with van der Waals surface area (Å²) in [5.74, 6) is 0.604. The predicted molar refractivity (Wildman–Crippen MR) is 125 cm³/mol. The Bertz CT molecular complexity index is 740. The van der Waals surface area contributed by atoms with Crippen LogP contribution in [-0.4, -0.2) is 54.8 Å². The quantitative estimate of drug-likeness (QED) is 0.614. The lowest BCUT2D eigenvalue weighted by Gasteiger charge is -2.33. The second kappa shape index (κ2) is 12.3. The molecule has 0 atom stereocenters. The van der Waals surface area contributed by atoms with Gasteiger partial charge in [-0.05, 0) is 76.2 Å². The Morgan fingerprint density at radius 1 is 1.00 bits per heavy atom. The maximum atomic E-state index is 13.6. The Balaban J connectivity index is 1.49. The van der Waals surface area contributed by atoms with Crippen LogP contribution in [0.1, 0.15) is 69.8 Å². The monoisotopic (exact) mass is 445 g/mol. The van der Waals surface area contributed by atoms with E-state index in [1.807, 2.05) is 25.1 Å². The van der Waals surface area contributed by atoms with E-state index in [-0.39, 0.29) is 29.6 Å². The molecule has 2 aliphatic carbocycles. The summed E-state index contributed by atoms with van der Waals surface area (Å²) in [5, 5.41) is 3.23. The third-order valence-electron chi connectivity index (χ3n) is 7.03. The fourth-order valence-electron chi connectivity index (χ4n) is 5.13. The van der Waals surface area contributed by atoms with Crippen molar-refractivity contribution in [2.75, 3.05) is 27.2 Å². The second-order valence-corrected chi connectivity index (χ2v) is 10.0. The standard InChI is InChI=1S/C26H40FN3O2/c1-29(2)15-16-30(19-21-9-6-10-23(27)17-21)26(32)22-11-13-24(14-12-22)28-25(31)18-20-7-4-3-5-8-20/h6,9-10,17,20,22,24H,3-5,7-8,11-16,18-19H2,1-2H3,(H,28,31). The Hall–Kier alpha value is -1.95. The third kappa shape index (κ3) is 7.88. The number of amides is 2. The molecule has 0 radical (unpaired) electrons. The molecule has 1 aromatic rings. The van der Waals surface area contributed by atoms with Crippen LogP contribution in [0.3, 0.4) is 0 Å². The average Bonchev–Trinajstić information content (AvgIpc) is 2.77. The second-order valence-electron chi connectivity index (χ2n) is 10.0. The van der Waals surface area contributed by atoms with Crippen LogP contribution in [-0.2, 0) is 16.1 Å². The van der Waals surface area contributed by atoms with Crippen LogP contribution >= 0.6 is 0 Å². The molecular weight excluding hydrogens is 405 g/mol. The van der Waals surface area contributed by atoms with Crippen molar-refractivity contribution in [3.8, 4) is 0 Å². The number of likely N-dealkylation sites (N-methyl/N-ethyl adjacent to an activating group) is 1. The Kier molecular flexibility index (Phi) is 9.51. The van der Waals surface area contributed by atoms with E-state index in [1.54, 1.807) is 6.07 Å². The smallest absolute Gasteiger partial charge is 0.226 e. The highest BCUT2D eigenvalue weighted by Gasteiger charge is 2.30. The molecule has 2 amide bonds. The van der Waals surface area contributed by atoms with Gasteiger partial charge in [-0.25, -0.2) is 4.39 Å². The summed E-state index contributed by atoms with van der Waals surface area (Å²) in [6.07, 6.45) is 10.2. The van der Waals surface area contributed by atoms with Crippen LogP contribution in [0.2, 0.25) is 0 Å². The predicted octanol–water partition coefficient (Wildman–Crippen LogP) is 4.36. The maximum Gasteiger partial charge on any atom is 0.226 e. The van der Waals surface area contributed by atoms with Gasteiger partial charge in [0.15, 0.2) is 0 Å². The molecule has 0 aliphatic heterocycles. The highest BCUT2D eigenvalue weighted by atomic mass is 19.1. The van der Waals surface area contributed by atoms with Crippen LogP contribution in [0.15, 0.2) is 24.3 Å². The summed E-state index contributed by atoms with van der Waals surface area (Å²) in [4.78, 5) is 29.7. The number of carbonyl (C=O) groups is 2. The summed E-state index contributed by atoms with van der Waals surface area (Å²) in [6, 6.07) is 6.69. The van der Waals surface area contributed by atoms with Gasteiger partial charge in [0.1, 0.15) is 5.82 Å². The van der Waals surface area contributed by atoms with Gasteiger partial charge in [-0.1, -0.05) is 31.4 Å². The molecular formula is C26H40FN3O2. The van der Waals surface area contributed by atoms with Crippen LogP contribution in [0, 0.1) is 17.7 Å². The van der Waals surface area contributed by atoms with Gasteiger partial charge in [0, 0.05) is 38.0 Å². The topological polar surface area (TPSA) is 52.6 Å². The number of benzene rings is 1. The molecule has 0 saturated heterocycles. The van der Waals surface area contributed by atoms with Gasteiger partial charge >= 0.3 is 0 Å². The highest BCUT2D eigenvalue weighted by Crippen LogP contribution is 2.29. The van der Waals surface area contributed by atoms with E-state index in [9.17, 15) is 14.0 Å². The first-order chi connectivity index (χ1) is 15.4. The number of halogens is 1. The summed E-state index contributed by atoms with van der Waals surface area (Å²) in [6.45, 7) is 1.83. The molecule has 3 rings (SSSR count). The first-order valence-corrected chi connectivity index (χ1v) is 12.4.